The molecular formula is C32H41N3O3. The van der Waals surface area contributed by atoms with Crippen LogP contribution >= 0.6 is 0 Å². The third kappa shape index (κ3) is 5.06. The van der Waals surface area contributed by atoms with Crippen molar-refractivity contribution in [2.75, 3.05) is 14.2 Å². The number of hydroxylamine groups is 2. The lowest BCUT2D eigenvalue weighted by atomic mass is 9.64. The van der Waals surface area contributed by atoms with E-state index in [1.807, 2.05) is 26.0 Å². The van der Waals surface area contributed by atoms with Gasteiger partial charge >= 0.3 is 0 Å². The lowest BCUT2D eigenvalue weighted by Crippen LogP contribution is -2.46. The second-order valence-corrected chi connectivity index (χ2v) is 10.7. The van der Waals surface area contributed by atoms with Crippen LogP contribution in [0.25, 0.3) is 32.8 Å². The summed E-state index contributed by atoms with van der Waals surface area (Å²) in [7, 11) is 3.00. The van der Waals surface area contributed by atoms with Gasteiger partial charge in [-0.3, -0.25) is 9.63 Å². The minimum Gasteiger partial charge on any atom is -0.487 e. The molecule has 2 heterocycles. The van der Waals surface area contributed by atoms with Crippen LogP contribution in [0, 0.1) is 11.8 Å². The molecule has 0 saturated heterocycles. The number of aromatic nitrogens is 2. The molecule has 6 nitrogen and oxygen atoms in total. The van der Waals surface area contributed by atoms with E-state index in [1.165, 1.54) is 44.2 Å². The van der Waals surface area contributed by atoms with Crippen LogP contribution in [0.4, 0.5) is 0 Å². The number of nitrogens with zero attached hydrogens (tertiary/aromatic N) is 3. The highest BCUT2D eigenvalue weighted by molar-refractivity contribution is 6.11. The summed E-state index contributed by atoms with van der Waals surface area (Å²) >= 11 is 0. The fraction of sp³-hybridized carbons (Fsp3) is 0.469. The van der Waals surface area contributed by atoms with E-state index in [9.17, 15) is 4.79 Å². The number of hydrogen-bond acceptors (Lipinski definition) is 5. The highest BCUT2D eigenvalue weighted by atomic mass is 16.7. The molecule has 3 aromatic carbocycles. The molecule has 1 saturated carbocycles. The topological polar surface area (TPSA) is 64.6 Å². The number of carbonyl (C=O) groups excluding carboxylic acids is 1. The van der Waals surface area contributed by atoms with Gasteiger partial charge in [0.2, 0.25) is 5.91 Å². The first-order valence-corrected chi connectivity index (χ1v) is 13.8. The molecule has 4 aromatic rings. The summed E-state index contributed by atoms with van der Waals surface area (Å²) in [5.74, 6) is 2.66. The van der Waals surface area contributed by atoms with Crippen molar-refractivity contribution < 1.29 is 14.4 Å². The zero-order valence-electron chi connectivity index (χ0n) is 24.0. The van der Waals surface area contributed by atoms with E-state index in [4.69, 9.17) is 14.7 Å². The fourth-order valence-corrected chi connectivity index (χ4v) is 5.97. The van der Waals surface area contributed by atoms with Crippen LogP contribution in [0.5, 0.6) is 5.75 Å². The molecule has 0 bridgehead atoms. The second kappa shape index (κ2) is 11.2. The molecule has 3 atom stereocenters. The van der Waals surface area contributed by atoms with Gasteiger partial charge in [-0.25, -0.2) is 15.0 Å². The molecule has 38 heavy (non-hydrogen) atoms. The highest BCUT2D eigenvalue weighted by Gasteiger charge is 2.47. The van der Waals surface area contributed by atoms with Crippen LogP contribution in [-0.2, 0) is 9.63 Å². The van der Waals surface area contributed by atoms with Gasteiger partial charge in [-0.1, -0.05) is 63.6 Å². The Morgan fingerprint density at radius 1 is 0.974 bits per heavy atom. The van der Waals surface area contributed by atoms with E-state index in [0.29, 0.717) is 11.8 Å². The van der Waals surface area contributed by atoms with Crippen molar-refractivity contribution in [1.82, 2.24) is 15.0 Å². The largest absolute Gasteiger partial charge is 0.487 e. The standard InChI is InChI=1S/C26H26N2O.C4H9NO2.C2H6/c1-15-12-13-19-18(14-15)22-24-23(27-20-10-6-7-11-21(20)28-24)16-8-4-5-9-17(16)25(22)29-26(19,2)3;1-4(6)5(2)7-3;1-2/h4-11,15,18-19H,12-14H2,1-3H3;1-3H3;1-2H3/t15?,18-,19?;;/m0../s1. The normalized spacial score (nSPS) is 21.2. The van der Waals surface area contributed by atoms with E-state index >= 15 is 0 Å². The van der Waals surface area contributed by atoms with E-state index in [0.717, 1.165) is 44.2 Å². The summed E-state index contributed by atoms with van der Waals surface area (Å²) in [4.78, 5) is 24.9. The van der Waals surface area contributed by atoms with Gasteiger partial charge in [-0.2, -0.15) is 0 Å². The molecule has 1 aliphatic carbocycles. The average Bonchev–Trinajstić information content (AvgIpc) is 2.92. The van der Waals surface area contributed by atoms with Gasteiger partial charge in [0, 0.05) is 36.2 Å². The SMILES string of the molecule is CC.CC1CCC2[C@H](C1)c1c(c3ccccc3c3nc4ccccc4nc13)OC2(C)C.CON(C)C(C)=O. The summed E-state index contributed by atoms with van der Waals surface area (Å²) < 4.78 is 6.79. The molecular weight excluding hydrogens is 474 g/mol. The Morgan fingerprint density at radius 2 is 1.55 bits per heavy atom. The lowest BCUT2D eigenvalue weighted by molar-refractivity contribution is -0.165. The smallest absolute Gasteiger partial charge is 0.242 e. The number of para-hydroxylation sites is 2. The van der Waals surface area contributed by atoms with E-state index in [1.54, 1.807) is 7.05 Å². The summed E-state index contributed by atoms with van der Waals surface area (Å²) in [5.41, 5.74) is 5.10. The number of amides is 1. The van der Waals surface area contributed by atoms with Crippen LogP contribution in [0.15, 0.2) is 48.5 Å². The van der Waals surface area contributed by atoms with Crippen molar-refractivity contribution in [3.8, 4) is 5.75 Å². The third-order valence-electron chi connectivity index (χ3n) is 7.96. The molecule has 0 spiro atoms. The van der Waals surface area contributed by atoms with Gasteiger partial charge in [-0.05, 0) is 50.7 Å². The first-order chi connectivity index (χ1) is 18.2. The Bertz CT molecular complexity index is 1450. The lowest BCUT2D eigenvalue weighted by Gasteiger charge is -2.49. The van der Waals surface area contributed by atoms with Crippen LogP contribution in [0.3, 0.4) is 0 Å². The molecule has 0 N–H and O–H groups in total. The van der Waals surface area contributed by atoms with Gasteiger partial charge in [0.15, 0.2) is 0 Å². The Labute approximate surface area is 226 Å². The molecule has 1 amide bonds. The maximum absolute atomic E-state index is 10.2. The molecule has 1 aliphatic heterocycles. The molecule has 6 heteroatoms. The van der Waals surface area contributed by atoms with Crippen LogP contribution in [-0.4, -0.2) is 40.7 Å². The monoisotopic (exact) mass is 515 g/mol. The molecule has 0 radical (unpaired) electrons. The third-order valence-corrected chi connectivity index (χ3v) is 7.96. The predicted molar refractivity (Wildman–Crippen MR) is 155 cm³/mol. The fourth-order valence-electron chi connectivity index (χ4n) is 5.97. The zero-order chi connectivity index (χ0) is 27.6. The second-order valence-electron chi connectivity index (χ2n) is 10.7. The maximum atomic E-state index is 10.2. The maximum Gasteiger partial charge on any atom is 0.242 e. The number of benzene rings is 3. The van der Waals surface area contributed by atoms with Crippen LogP contribution in [0.2, 0.25) is 0 Å². The number of hydrogen-bond donors (Lipinski definition) is 0. The Balaban J connectivity index is 0.000000328. The minimum atomic E-state index is -0.168. The molecule has 6 rings (SSSR count). The minimum absolute atomic E-state index is 0.0949. The van der Waals surface area contributed by atoms with Crippen LogP contribution in [0.1, 0.15) is 72.3 Å². The molecule has 1 aromatic heterocycles. The van der Waals surface area contributed by atoms with E-state index < -0.39 is 0 Å². The first-order valence-electron chi connectivity index (χ1n) is 13.8. The first kappa shape index (κ1) is 27.8. The van der Waals surface area contributed by atoms with Crippen LogP contribution < -0.4 is 4.74 Å². The van der Waals surface area contributed by atoms with Gasteiger partial charge in [-0.15, -0.1) is 0 Å². The summed E-state index contributed by atoms with van der Waals surface area (Å²) in [5, 5.41) is 3.46. The number of carbonyl (C=O) groups is 1. The Hall–Kier alpha value is -3.25. The van der Waals surface area contributed by atoms with Gasteiger partial charge in [0.1, 0.15) is 11.4 Å². The zero-order valence-corrected chi connectivity index (χ0v) is 24.0. The molecule has 1 fully saturated rings. The van der Waals surface area contributed by atoms with Crippen molar-refractivity contribution in [3.05, 3.63) is 54.1 Å². The van der Waals surface area contributed by atoms with E-state index in [-0.39, 0.29) is 11.5 Å². The molecule has 2 unspecified atom stereocenters. The van der Waals surface area contributed by atoms with Crippen molar-refractivity contribution in [1.29, 1.82) is 0 Å². The van der Waals surface area contributed by atoms with Crippen molar-refractivity contribution in [2.24, 2.45) is 11.8 Å². The van der Waals surface area contributed by atoms with Crippen molar-refractivity contribution in [3.63, 3.8) is 0 Å². The Kier molecular flexibility index (Phi) is 8.22. The molecule has 202 valence electrons. The number of ether oxygens (including phenoxy) is 1. The quantitative estimate of drug-likeness (QED) is 0.148. The van der Waals surface area contributed by atoms with Gasteiger partial charge in [0.25, 0.3) is 0 Å². The van der Waals surface area contributed by atoms with Gasteiger partial charge in [0.05, 0.1) is 29.2 Å². The highest BCUT2D eigenvalue weighted by Crippen LogP contribution is 2.56. The average molecular weight is 516 g/mol. The summed E-state index contributed by atoms with van der Waals surface area (Å²) in [6.45, 7) is 12.4. The number of fused-ring (bicyclic) bond motifs is 9. The summed E-state index contributed by atoms with van der Waals surface area (Å²) in [6.07, 6.45) is 3.70. The van der Waals surface area contributed by atoms with Crippen molar-refractivity contribution >= 4 is 38.7 Å². The van der Waals surface area contributed by atoms with E-state index in [2.05, 4.69) is 62.0 Å². The van der Waals surface area contributed by atoms with Gasteiger partial charge < -0.3 is 4.74 Å². The van der Waals surface area contributed by atoms with Crippen molar-refractivity contribution in [2.45, 2.75) is 72.3 Å². The number of rotatable bonds is 1. The molecule has 2 aliphatic rings. The predicted octanol–water partition coefficient (Wildman–Crippen LogP) is 7.68. The summed E-state index contributed by atoms with van der Waals surface area (Å²) in [6, 6.07) is 16.7. The Morgan fingerprint density at radius 3 is 2.13 bits per heavy atom.